The van der Waals surface area contributed by atoms with Crippen LogP contribution in [0.3, 0.4) is 0 Å². The zero-order valence-electron chi connectivity index (χ0n) is 10.7. The molecule has 0 spiro atoms. The van der Waals surface area contributed by atoms with Gasteiger partial charge in [-0.1, -0.05) is 36.4 Å². The van der Waals surface area contributed by atoms with E-state index in [-0.39, 0.29) is 10.9 Å². The van der Waals surface area contributed by atoms with E-state index in [0.29, 0.717) is 11.6 Å². The summed E-state index contributed by atoms with van der Waals surface area (Å²) in [6.45, 7) is 0. The Morgan fingerprint density at radius 3 is 2.24 bits per heavy atom. The Balaban J connectivity index is 2.30. The minimum atomic E-state index is -4.57. The van der Waals surface area contributed by atoms with Gasteiger partial charge in [-0.2, -0.15) is 13.2 Å². The molecule has 0 radical (unpaired) electrons. The predicted octanol–water partition coefficient (Wildman–Crippen LogP) is 4.21. The standard InChI is InChI=1S/C16H10F3NO/c17-16(18,19)13-9-15(21)20-14-7-6-11(8-12(13)14)10-4-2-1-3-5-10/h1-9H,(H,20,21). The summed E-state index contributed by atoms with van der Waals surface area (Å²) in [6, 6.07) is 14.3. The van der Waals surface area contributed by atoms with E-state index in [2.05, 4.69) is 4.98 Å². The number of nitrogens with one attached hydrogen (secondary N) is 1. The maximum atomic E-state index is 13.1. The van der Waals surface area contributed by atoms with Crippen LogP contribution in [0.2, 0.25) is 0 Å². The van der Waals surface area contributed by atoms with E-state index in [1.54, 1.807) is 6.07 Å². The van der Waals surface area contributed by atoms with Crippen LogP contribution in [-0.2, 0) is 6.18 Å². The Bertz CT molecular complexity index is 851. The van der Waals surface area contributed by atoms with E-state index in [4.69, 9.17) is 0 Å². The monoisotopic (exact) mass is 289 g/mol. The Labute approximate surface area is 117 Å². The van der Waals surface area contributed by atoms with Crippen molar-refractivity contribution in [3.63, 3.8) is 0 Å². The van der Waals surface area contributed by atoms with Crippen molar-refractivity contribution >= 4 is 10.9 Å². The van der Waals surface area contributed by atoms with Crippen LogP contribution in [0, 0.1) is 0 Å². The third-order valence-corrected chi connectivity index (χ3v) is 3.26. The lowest BCUT2D eigenvalue weighted by molar-refractivity contribution is -0.136. The van der Waals surface area contributed by atoms with Crippen molar-refractivity contribution in [3.8, 4) is 11.1 Å². The molecule has 0 amide bonds. The minimum Gasteiger partial charge on any atom is -0.322 e. The van der Waals surface area contributed by atoms with Crippen LogP contribution in [-0.4, -0.2) is 4.98 Å². The van der Waals surface area contributed by atoms with Crippen molar-refractivity contribution in [2.45, 2.75) is 6.18 Å². The third-order valence-electron chi connectivity index (χ3n) is 3.26. The van der Waals surface area contributed by atoms with Gasteiger partial charge in [-0.25, -0.2) is 0 Å². The smallest absolute Gasteiger partial charge is 0.322 e. The molecule has 21 heavy (non-hydrogen) atoms. The first-order valence-electron chi connectivity index (χ1n) is 6.25. The Morgan fingerprint density at radius 1 is 0.857 bits per heavy atom. The van der Waals surface area contributed by atoms with E-state index in [1.165, 1.54) is 12.1 Å². The average Bonchev–Trinajstić information content (AvgIpc) is 2.46. The van der Waals surface area contributed by atoms with E-state index in [9.17, 15) is 18.0 Å². The first-order valence-corrected chi connectivity index (χ1v) is 6.25. The molecule has 0 bridgehead atoms. The van der Waals surface area contributed by atoms with Gasteiger partial charge in [0.1, 0.15) is 0 Å². The fraction of sp³-hybridized carbons (Fsp3) is 0.0625. The van der Waals surface area contributed by atoms with Crippen LogP contribution < -0.4 is 5.56 Å². The second kappa shape index (κ2) is 4.77. The highest BCUT2D eigenvalue weighted by Gasteiger charge is 2.33. The van der Waals surface area contributed by atoms with Crippen molar-refractivity contribution < 1.29 is 13.2 Å². The lowest BCUT2D eigenvalue weighted by Gasteiger charge is -2.11. The van der Waals surface area contributed by atoms with Gasteiger partial charge in [-0.15, -0.1) is 0 Å². The molecule has 1 aromatic heterocycles. The van der Waals surface area contributed by atoms with Crippen molar-refractivity contribution in [3.05, 3.63) is 70.5 Å². The summed E-state index contributed by atoms with van der Waals surface area (Å²) >= 11 is 0. The Morgan fingerprint density at radius 2 is 1.57 bits per heavy atom. The van der Waals surface area contributed by atoms with E-state index in [0.717, 1.165) is 5.56 Å². The molecule has 0 saturated carbocycles. The molecule has 0 aliphatic rings. The zero-order chi connectivity index (χ0) is 15.0. The van der Waals surface area contributed by atoms with Gasteiger partial charge in [-0.3, -0.25) is 4.79 Å². The van der Waals surface area contributed by atoms with Crippen LogP contribution in [0.15, 0.2) is 59.4 Å². The van der Waals surface area contributed by atoms with Gasteiger partial charge in [0.15, 0.2) is 0 Å². The summed E-state index contributed by atoms with van der Waals surface area (Å²) < 4.78 is 39.2. The van der Waals surface area contributed by atoms with Crippen molar-refractivity contribution in [2.75, 3.05) is 0 Å². The topological polar surface area (TPSA) is 32.9 Å². The summed E-state index contributed by atoms with van der Waals surface area (Å²) in [4.78, 5) is 13.8. The maximum absolute atomic E-state index is 13.1. The van der Waals surface area contributed by atoms with Gasteiger partial charge >= 0.3 is 6.18 Å². The summed E-state index contributed by atoms with van der Waals surface area (Å²) in [5.41, 5.74) is -0.0183. The lowest BCUT2D eigenvalue weighted by Crippen LogP contribution is -2.13. The Hall–Kier alpha value is -2.56. The molecule has 0 aliphatic carbocycles. The molecule has 0 aliphatic heterocycles. The average molecular weight is 289 g/mol. The number of H-pyrrole nitrogens is 1. The van der Waals surface area contributed by atoms with Gasteiger partial charge in [-0.05, 0) is 23.3 Å². The maximum Gasteiger partial charge on any atom is 0.417 e. The third kappa shape index (κ3) is 2.54. The van der Waals surface area contributed by atoms with Gasteiger partial charge < -0.3 is 4.98 Å². The minimum absolute atomic E-state index is 0.0107. The molecule has 0 fully saturated rings. The highest BCUT2D eigenvalue weighted by atomic mass is 19.4. The summed E-state index contributed by atoms with van der Waals surface area (Å²) in [5, 5.41) is -0.0107. The zero-order valence-corrected chi connectivity index (χ0v) is 10.7. The summed E-state index contributed by atoms with van der Waals surface area (Å²) in [5.74, 6) is 0. The number of fused-ring (bicyclic) bond motifs is 1. The van der Waals surface area contributed by atoms with Crippen LogP contribution >= 0.6 is 0 Å². The quantitative estimate of drug-likeness (QED) is 0.715. The van der Waals surface area contributed by atoms with E-state index >= 15 is 0 Å². The second-order valence-corrected chi connectivity index (χ2v) is 4.67. The fourth-order valence-electron chi connectivity index (χ4n) is 2.30. The molecule has 2 aromatic carbocycles. The molecule has 3 rings (SSSR count). The molecule has 0 atom stereocenters. The van der Waals surface area contributed by atoms with Gasteiger partial charge in [0.25, 0.3) is 0 Å². The molecule has 1 N–H and O–H groups in total. The largest absolute Gasteiger partial charge is 0.417 e. The summed E-state index contributed by atoms with van der Waals surface area (Å²) in [6.07, 6.45) is -4.57. The fourth-order valence-corrected chi connectivity index (χ4v) is 2.30. The van der Waals surface area contributed by atoms with Gasteiger partial charge in [0.2, 0.25) is 5.56 Å². The first-order chi connectivity index (χ1) is 9.95. The second-order valence-electron chi connectivity index (χ2n) is 4.67. The number of benzene rings is 2. The van der Waals surface area contributed by atoms with Crippen LogP contribution in [0.1, 0.15) is 5.56 Å². The molecule has 2 nitrogen and oxygen atoms in total. The molecule has 0 unspecified atom stereocenters. The van der Waals surface area contributed by atoms with Crippen molar-refractivity contribution in [1.29, 1.82) is 0 Å². The van der Waals surface area contributed by atoms with Crippen molar-refractivity contribution in [1.82, 2.24) is 4.98 Å². The number of alkyl halides is 3. The van der Waals surface area contributed by atoms with Crippen LogP contribution in [0.25, 0.3) is 22.0 Å². The Kier molecular flexibility index (Phi) is 3.05. The SMILES string of the molecule is O=c1cc(C(F)(F)F)c2cc(-c3ccccc3)ccc2[nH]1. The molecule has 3 aromatic rings. The molecular formula is C16H10F3NO. The van der Waals surface area contributed by atoms with E-state index < -0.39 is 17.3 Å². The van der Waals surface area contributed by atoms with Crippen LogP contribution in [0.4, 0.5) is 13.2 Å². The normalized spacial score (nSPS) is 11.8. The van der Waals surface area contributed by atoms with Crippen LogP contribution in [0.5, 0.6) is 0 Å². The van der Waals surface area contributed by atoms with Crippen molar-refractivity contribution in [2.24, 2.45) is 0 Å². The number of pyridine rings is 1. The number of aromatic amines is 1. The molecule has 106 valence electrons. The molecule has 5 heteroatoms. The molecule has 1 heterocycles. The molecular weight excluding hydrogens is 279 g/mol. The lowest BCUT2D eigenvalue weighted by atomic mass is 10.0. The highest BCUT2D eigenvalue weighted by molar-refractivity contribution is 5.87. The first kappa shape index (κ1) is 13.4. The number of rotatable bonds is 1. The predicted molar refractivity (Wildman–Crippen MR) is 75.0 cm³/mol. The number of halogens is 3. The number of hydrogen-bond donors (Lipinski definition) is 1. The van der Waals surface area contributed by atoms with Gasteiger partial charge in [0.05, 0.1) is 5.56 Å². The molecule has 0 saturated heterocycles. The number of aromatic nitrogens is 1. The number of hydrogen-bond acceptors (Lipinski definition) is 1. The summed E-state index contributed by atoms with van der Waals surface area (Å²) in [7, 11) is 0. The van der Waals surface area contributed by atoms with Gasteiger partial charge in [0, 0.05) is 17.0 Å². The highest BCUT2D eigenvalue weighted by Crippen LogP contribution is 2.34. The van der Waals surface area contributed by atoms with E-state index in [1.807, 2.05) is 30.3 Å².